The van der Waals surface area contributed by atoms with Crippen LogP contribution in [0, 0.1) is 10.1 Å². The van der Waals surface area contributed by atoms with Crippen molar-refractivity contribution in [3.63, 3.8) is 0 Å². The second-order valence-electron chi connectivity index (χ2n) is 6.32. The molecule has 164 valence electrons. The van der Waals surface area contributed by atoms with E-state index in [9.17, 15) is 32.9 Å². The smallest absolute Gasteiger partial charge is 0.406 e. The number of ketones is 1. The zero-order valence-corrected chi connectivity index (χ0v) is 16.6. The van der Waals surface area contributed by atoms with E-state index in [1.807, 2.05) is 0 Å². The fraction of sp³-hybridized carbons (Fsp3) is 0.0476. The quantitative estimate of drug-likeness (QED) is 0.289. The minimum absolute atomic E-state index is 0.0290. The van der Waals surface area contributed by atoms with E-state index >= 15 is 0 Å². The Hall–Kier alpha value is -3.92. The third-order valence-electron chi connectivity index (χ3n) is 4.17. The van der Waals surface area contributed by atoms with Gasteiger partial charge in [0, 0.05) is 22.9 Å². The van der Waals surface area contributed by atoms with Crippen LogP contribution in [0.4, 0.5) is 24.5 Å². The molecule has 0 fully saturated rings. The van der Waals surface area contributed by atoms with Crippen LogP contribution < -0.4 is 10.1 Å². The Morgan fingerprint density at radius 2 is 1.59 bits per heavy atom. The van der Waals surface area contributed by atoms with Gasteiger partial charge in [-0.3, -0.25) is 19.7 Å². The summed E-state index contributed by atoms with van der Waals surface area (Å²) in [5.74, 6) is -1.82. The second-order valence-corrected chi connectivity index (χ2v) is 6.73. The molecular weight excluding hydrogens is 453 g/mol. The van der Waals surface area contributed by atoms with Crippen molar-refractivity contribution in [1.82, 2.24) is 0 Å². The summed E-state index contributed by atoms with van der Waals surface area (Å²) in [6.45, 7) is 0. The molecule has 0 unspecified atom stereocenters. The van der Waals surface area contributed by atoms with E-state index in [-0.39, 0.29) is 27.4 Å². The van der Waals surface area contributed by atoms with Crippen LogP contribution in [0.3, 0.4) is 0 Å². The standard InChI is InChI=1S/C21H12ClF3N2O5/c22-17-10-5-12(11-18(17)27(30)31)19(28)15-3-1-2-4-16(15)20(29)26-13-6-8-14(9-7-13)32-21(23,24)25/h1-11H,(H,26,29). The molecule has 3 rings (SSSR count). The zero-order chi connectivity index (χ0) is 23.5. The Kier molecular flexibility index (Phi) is 6.45. The number of alkyl halides is 3. The molecule has 0 aliphatic heterocycles. The van der Waals surface area contributed by atoms with Gasteiger partial charge < -0.3 is 10.1 Å². The molecule has 0 aliphatic rings. The minimum atomic E-state index is -4.85. The van der Waals surface area contributed by atoms with E-state index in [1.54, 1.807) is 0 Å². The van der Waals surface area contributed by atoms with E-state index < -0.39 is 34.4 Å². The minimum Gasteiger partial charge on any atom is -0.406 e. The van der Waals surface area contributed by atoms with Crippen molar-refractivity contribution in [3.8, 4) is 5.75 Å². The van der Waals surface area contributed by atoms with Gasteiger partial charge in [-0.25, -0.2) is 0 Å². The third kappa shape index (κ3) is 5.41. The maximum absolute atomic E-state index is 12.9. The first-order chi connectivity index (χ1) is 15.0. The number of nitrogens with zero attached hydrogens (tertiary/aromatic N) is 1. The Bertz CT molecular complexity index is 1200. The highest BCUT2D eigenvalue weighted by molar-refractivity contribution is 6.33. The van der Waals surface area contributed by atoms with E-state index in [4.69, 9.17) is 11.6 Å². The van der Waals surface area contributed by atoms with Gasteiger partial charge in [0.2, 0.25) is 0 Å². The highest BCUT2D eigenvalue weighted by atomic mass is 35.5. The number of nitro groups is 1. The number of benzene rings is 3. The normalized spacial score (nSPS) is 11.0. The lowest BCUT2D eigenvalue weighted by Gasteiger charge is -2.11. The van der Waals surface area contributed by atoms with Gasteiger partial charge in [0.25, 0.3) is 11.6 Å². The first-order valence-corrected chi connectivity index (χ1v) is 9.18. The summed E-state index contributed by atoms with van der Waals surface area (Å²) in [4.78, 5) is 36.0. The number of anilines is 1. The molecule has 0 bridgehead atoms. The molecule has 3 aromatic carbocycles. The number of carbonyl (C=O) groups is 2. The molecule has 7 nitrogen and oxygen atoms in total. The molecular formula is C21H12ClF3N2O5. The molecule has 1 amide bonds. The summed E-state index contributed by atoms with van der Waals surface area (Å²) < 4.78 is 40.5. The van der Waals surface area contributed by atoms with Crippen molar-refractivity contribution in [2.75, 3.05) is 5.32 Å². The number of nitrogens with one attached hydrogen (secondary N) is 1. The number of carbonyl (C=O) groups excluding carboxylic acids is 2. The largest absolute Gasteiger partial charge is 0.573 e. The number of amides is 1. The van der Waals surface area contributed by atoms with Crippen LogP contribution in [-0.4, -0.2) is 23.0 Å². The second kappa shape index (κ2) is 9.06. The first-order valence-electron chi connectivity index (χ1n) is 8.80. The average Bonchev–Trinajstić information content (AvgIpc) is 2.73. The molecule has 0 aliphatic carbocycles. The number of hydrogen-bond acceptors (Lipinski definition) is 5. The summed E-state index contributed by atoms with van der Waals surface area (Å²) in [5.41, 5.74) is -0.408. The lowest BCUT2D eigenvalue weighted by molar-refractivity contribution is -0.384. The highest BCUT2D eigenvalue weighted by Gasteiger charge is 2.31. The van der Waals surface area contributed by atoms with Gasteiger partial charge >= 0.3 is 6.36 Å². The summed E-state index contributed by atoms with van der Waals surface area (Å²) in [7, 11) is 0. The number of nitro benzene ring substituents is 1. The van der Waals surface area contributed by atoms with Gasteiger partial charge in [0.15, 0.2) is 5.78 Å². The lowest BCUT2D eigenvalue weighted by Crippen LogP contribution is -2.18. The molecule has 32 heavy (non-hydrogen) atoms. The summed E-state index contributed by atoms with van der Waals surface area (Å²) in [6.07, 6.45) is -4.85. The molecule has 0 atom stereocenters. The Labute approximate surface area is 183 Å². The fourth-order valence-corrected chi connectivity index (χ4v) is 2.95. The van der Waals surface area contributed by atoms with Gasteiger partial charge in [-0.2, -0.15) is 0 Å². The Morgan fingerprint density at radius 3 is 2.19 bits per heavy atom. The predicted molar refractivity (Wildman–Crippen MR) is 109 cm³/mol. The van der Waals surface area contributed by atoms with E-state index in [2.05, 4.69) is 10.1 Å². The van der Waals surface area contributed by atoms with E-state index in [1.165, 1.54) is 48.5 Å². The van der Waals surface area contributed by atoms with Crippen LogP contribution in [0.15, 0.2) is 66.7 Å². The van der Waals surface area contributed by atoms with Crippen molar-refractivity contribution >= 4 is 34.7 Å². The number of ether oxygens (including phenoxy) is 1. The van der Waals surface area contributed by atoms with Crippen molar-refractivity contribution in [1.29, 1.82) is 0 Å². The van der Waals surface area contributed by atoms with Crippen LogP contribution in [-0.2, 0) is 0 Å². The zero-order valence-electron chi connectivity index (χ0n) is 15.9. The van der Waals surface area contributed by atoms with Gasteiger partial charge in [0.05, 0.1) is 10.5 Å². The van der Waals surface area contributed by atoms with Gasteiger partial charge in [-0.15, -0.1) is 13.2 Å². The summed E-state index contributed by atoms with van der Waals surface area (Å²) >= 11 is 5.77. The maximum atomic E-state index is 12.9. The molecule has 3 aromatic rings. The van der Waals surface area contributed by atoms with Crippen LogP contribution in [0.25, 0.3) is 0 Å². The number of hydrogen-bond donors (Lipinski definition) is 1. The first kappa shape index (κ1) is 22.8. The number of halogens is 4. The van der Waals surface area contributed by atoms with Crippen LogP contribution in [0.1, 0.15) is 26.3 Å². The molecule has 0 radical (unpaired) electrons. The molecule has 0 saturated heterocycles. The summed E-state index contributed by atoms with van der Waals surface area (Å²) in [6, 6.07) is 13.7. The van der Waals surface area contributed by atoms with Crippen molar-refractivity contribution in [2.45, 2.75) is 6.36 Å². The van der Waals surface area contributed by atoms with E-state index in [0.717, 1.165) is 18.2 Å². The predicted octanol–water partition coefficient (Wildman–Crippen LogP) is 5.63. The average molecular weight is 465 g/mol. The molecule has 1 N–H and O–H groups in total. The third-order valence-corrected chi connectivity index (χ3v) is 4.49. The van der Waals surface area contributed by atoms with Crippen molar-refractivity contribution in [3.05, 3.63) is 98.6 Å². The molecule has 0 spiro atoms. The van der Waals surface area contributed by atoms with Crippen LogP contribution >= 0.6 is 11.6 Å². The van der Waals surface area contributed by atoms with Crippen LogP contribution in [0.5, 0.6) is 5.75 Å². The van der Waals surface area contributed by atoms with Gasteiger partial charge in [-0.05, 0) is 42.5 Å². The monoisotopic (exact) mass is 464 g/mol. The fourth-order valence-electron chi connectivity index (χ4n) is 2.77. The Balaban J connectivity index is 1.85. The molecule has 0 aromatic heterocycles. The van der Waals surface area contributed by atoms with E-state index in [0.29, 0.717) is 0 Å². The van der Waals surface area contributed by atoms with Crippen LogP contribution in [0.2, 0.25) is 5.02 Å². The van der Waals surface area contributed by atoms with Crippen molar-refractivity contribution < 1.29 is 32.4 Å². The Morgan fingerprint density at radius 1 is 0.969 bits per heavy atom. The topological polar surface area (TPSA) is 98.5 Å². The molecule has 0 heterocycles. The lowest BCUT2D eigenvalue weighted by atomic mass is 9.97. The van der Waals surface area contributed by atoms with Crippen molar-refractivity contribution in [2.24, 2.45) is 0 Å². The molecule has 0 saturated carbocycles. The van der Waals surface area contributed by atoms with Gasteiger partial charge in [-0.1, -0.05) is 29.8 Å². The highest BCUT2D eigenvalue weighted by Crippen LogP contribution is 2.27. The maximum Gasteiger partial charge on any atom is 0.573 e. The van der Waals surface area contributed by atoms with Gasteiger partial charge in [0.1, 0.15) is 10.8 Å². The SMILES string of the molecule is O=C(Nc1ccc(OC(F)(F)F)cc1)c1ccccc1C(=O)c1ccc(Cl)c([N+](=O)[O-])c1. The summed E-state index contributed by atoms with van der Waals surface area (Å²) in [5, 5.41) is 13.4. The molecule has 11 heteroatoms. The number of rotatable bonds is 6.